The van der Waals surface area contributed by atoms with E-state index in [1.807, 2.05) is 0 Å². The number of rotatable bonds is 0. The quantitative estimate of drug-likeness (QED) is 0.605. The van der Waals surface area contributed by atoms with Gasteiger partial charge >= 0.3 is 0 Å². The Labute approximate surface area is 83.5 Å². The fraction of sp³-hybridized carbons (Fsp3) is 0.857. The summed E-state index contributed by atoms with van der Waals surface area (Å²) in [6.45, 7) is 0. The Morgan fingerprint density at radius 3 is 1.36 bits per heavy atom. The second-order valence-electron chi connectivity index (χ2n) is 2.50. The van der Waals surface area contributed by atoms with Gasteiger partial charge in [-0.3, -0.25) is 0 Å². The third-order valence-corrected chi connectivity index (χ3v) is 1.77. The first-order valence-electron chi connectivity index (χ1n) is 3.23. The average molecular weight is 340 g/mol. The first-order chi connectivity index (χ1) is 3.80. The molecule has 3 nitrogen and oxygen atoms in total. The van der Waals surface area contributed by atoms with Crippen LogP contribution in [0.3, 0.4) is 0 Å². The van der Waals surface area contributed by atoms with Gasteiger partial charge in [-0.05, 0) is 0 Å². The van der Waals surface area contributed by atoms with Gasteiger partial charge in [-0.25, -0.2) is 0 Å². The summed E-state index contributed by atoms with van der Waals surface area (Å²) in [6.07, 6.45) is 4.25. The Balaban J connectivity index is -0.000000213. The van der Waals surface area contributed by atoms with Crippen LogP contribution in [0.1, 0.15) is 25.7 Å². The predicted octanol–water partition coefficient (Wildman–Crippen LogP) is 2.03. The van der Waals surface area contributed by atoms with Gasteiger partial charge in [0.15, 0.2) is 0 Å². The molecule has 0 saturated heterocycles. The Kier molecular flexibility index (Phi) is 13.9. The molecule has 2 atom stereocenters. The molecule has 4 heteroatoms. The fourth-order valence-electron chi connectivity index (χ4n) is 1.13. The third-order valence-electron chi connectivity index (χ3n) is 1.77. The first-order valence-corrected chi connectivity index (χ1v) is 3.23. The molecule has 2 unspecified atom stereocenters. The second kappa shape index (κ2) is 8.66. The van der Waals surface area contributed by atoms with Crippen molar-refractivity contribution in [3.8, 4) is 0 Å². The number of nitrogens with one attached hydrogen (secondary N) is 2. The van der Waals surface area contributed by atoms with Gasteiger partial charge < -0.3 is 24.4 Å². The molecule has 0 radical (unpaired) electrons. The van der Waals surface area contributed by atoms with E-state index < -0.39 is 0 Å². The average Bonchev–Trinajstić information content (AvgIpc) is 1.77. The van der Waals surface area contributed by atoms with Crippen LogP contribution in [0.5, 0.6) is 0 Å². The molecular formula is C7H17N2OPt-3. The van der Waals surface area contributed by atoms with Crippen LogP contribution in [0.4, 0.5) is 0 Å². The molecule has 0 amide bonds. The summed E-state index contributed by atoms with van der Waals surface area (Å²) >= 11 is 0. The fourth-order valence-corrected chi connectivity index (χ4v) is 1.13. The van der Waals surface area contributed by atoms with Crippen molar-refractivity contribution in [2.24, 2.45) is 0 Å². The van der Waals surface area contributed by atoms with Crippen LogP contribution >= 0.6 is 0 Å². The summed E-state index contributed by atoms with van der Waals surface area (Å²) in [5.74, 6) is 0. The van der Waals surface area contributed by atoms with Crippen molar-refractivity contribution in [2.45, 2.75) is 37.8 Å². The summed E-state index contributed by atoms with van der Waals surface area (Å²) in [7, 11) is 0. The zero-order chi connectivity index (χ0) is 5.98. The Bertz CT molecular complexity index is 72.8. The first kappa shape index (κ1) is 17.6. The van der Waals surface area contributed by atoms with Crippen LogP contribution in [-0.2, 0) is 21.1 Å². The monoisotopic (exact) mass is 340 g/mol. The van der Waals surface area contributed by atoms with Gasteiger partial charge in [0.2, 0.25) is 0 Å². The summed E-state index contributed by atoms with van der Waals surface area (Å²) in [5, 5.41) is 0. The third kappa shape index (κ3) is 5.80. The van der Waals surface area contributed by atoms with Gasteiger partial charge in [-0.15, -0.1) is 0 Å². The molecule has 0 aromatic rings. The van der Waals surface area contributed by atoms with Crippen molar-refractivity contribution >= 4 is 0 Å². The topological polar surface area (TPSA) is 79.1 Å². The van der Waals surface area contributed by atoms with Crippen molar-refractivity contribution in [3.05, 3.63) is 18.9 Å². The van der Waals surface area contributed by atoms with Gasteiger partial charge in [0.25, 0.3) is 0 Å². The van der Waals surface area contributed by atoms with Crippen LogP contribution in [-0.4, -0.2) is 17.6 Å². The summed E-state index contributed by atoms with van der Waals surface area (Å²) in [5.41, 5.74) is 14.6. The van der Waals surface area contributed by atoms with Crippen molar-refractivity contribution < 1.29 is 26.5 Å². The Morgan fingerprint density at radius 1 is 0.909 bits per heavy atom. The minimum Gasteiger partial charge on any atom is -0.676 e. The maximum atomic E-state index is 7.29. The molecule has 0 spiro atoms. The minimum absolute atomic E-state index is 0. The van der Waals surface area contributed by atoms with E-state index in [9.17, 15) is 0 Å². The molecule has 74 valence electrons. The zero-order valence-electron chi connectivity index (χ0n) is 6.80. The molecule has 1 aliphatic carbocycles. The molecule has 11 heavy (non-hydrogen) atoms. The van der Waals surface area contributed by atoms with Gasteiger partial charge in [-0.1, -0.05) is 25.7 Å². The molecule has 0 aromatic heterocycles. The SMILES string of the molecule is O.[CH3-].[NH-]C1CCCCC1[NH-].[Pt]. The normalized spacial score (nSPS) is 28.9. The van der Waals surface area contributed by atoms with E-state index >= 15 is 0 Å². The molecule has 1 saturated carbocycles. The Morgan fingerprint density at radius 2 is 1.18 bits per heavy atom. The van der Waals surface area contributed by atoms with E-state index in [0.29, 0.717) is 0 Å². The summed E-state index contributed by atoms with van der Waals surface area (Å²) in [4.78, 5) is 0. The standard InChI is InChI=1S/C6H12N2.CH3.H2O.Pt/c7-5-3-1-2-4-6(5)8;;;/h5-8H,1-4H2;1H3;1H2;/q-2;-1;;. The van der Waals surface area contributed by atoms with Gasteiger partial charge in [-0.2, -0.15) is 12.1 Å². The van der Waals surface area contributed by atoms with E-state index in [2.05, 4.69) is 0 Å². The van der Waals surface area contributed by atoms with E-state index in [1.165, 1.54) is 12.8 Å². The second-order valence-corrected chi connectivity index (χ2v) is 2.50. The molecule has 4 N–H and O–H groups in total. The van der Waals surface area contributed by atoms with Crippen LogP contribution in [0, 0.1) is 7.43 Å². The molecular weight excluding hydrogens is 323 g/mol. The maximum absolute atomic E-state index is 7.29. The summed E-state index contributed by atoms with van der Waals surface area (Å²) < 4.78 is 0. The molecule has 1 rings (SSSR count). The molecule has 0 aromatic carbocycles. The van der Waals surface area contributed by atoms with E-state index in [0.717, 1.165) is 12.8 Å². The smallest absolute Gasteiger partial charge is 0 e. The van der Waals surface area contributed by atoms with Gasteiger partial charge in [0, 0.05) is 21.1 Å². The molecule has 0 bridgehead atoms. The molecule has 0 aliphatic heterocycles. The zero-order valence-corrected chi connectivity index (χ0v) is 9.07. The maximum Gasteiger partial charge on any atom is 0 e. The summed E-state index contributed by atoms with van der Waals surface area (Å²) in [6, 6.07) is -0.160. The minimum atomic E-state index is -0.0799. The number of hydrogen-bond donors (Lipinski definition) is 0. The predicted molar refractivity (Wildman–Crippen MR) is 44.7 cm³/mol. The number of hydrogen-bond acceptors (Lipinski definition) is 0. The van der Waals surface area contributed by atoms with Crippen molar-refractivity contribution in [1.82, 2.24) is 0 Å². The largest absolute Gasteiger partial charge is 0.676 e. The van der Waals surface area contributed by atoms with Crippen molar-refractivity contribution in [2.75, 3.05) is 0 Å². The molecule has 1 aliphatic rings. The van der Waals surface area contributed by atoms with Gasteiger partial charge in [0.05, 0.1) is 0 Å². The van der Waals surface area contributed by atoms with Crippen molar-refractivity contribution in [1.29, 1.82) is 0 Å². The van der Waals surface area contributed by atoms with Crippen LogP contribution < -0.4 is 0 Å². The molecule has 0 heterocycles. The van der Waals surface area contributed by atoms with Crippen molar-refractivity contribution in [3.63, 3.8) is 0 Å². The van der Waals surface area contributed by atoms with E-state index in [1.54, 1.807) is 0 Å². The van der Waals surface area contributed by atoms with E-state index in [-0.39, 0.29) is 46.1 Å². The van der Waals surface area contributed by atoms with E-state index in [4.69, 9.17) is 11.5 Å². The van der Waals surface area contributed by atoms with Gasteiger partial charge in [0.1, 0.15) is 0 Å². The van der Waals surface area contributed by atoms with Crippen LogP contribution in [0.2, 0.25) is 0 Å². The van der Waals surface area contributed by atoms with Crippen LogP contribution in [0.15, 0.2) is 0 Å². The Hall–Kier alpha value is 0.568. The molecule has 1 fully saturated rings. The van der Waals surface area contributed by atoms with Crippen LogP contribution in [0.25, 0.3) is 11.5 Å².